The molecule has 31 heavy (non-hydrogen) atoms. The van der Waals surface area contributed by atoms with Gasteiger partial charge in [0, 0.05) is 29.6 Å². The van der Waals surface area contributed by atoms with Gasteiger partial charge >= 0.3 is 6.18 Å². The zero-order chi connectivity index (χ0) is 22.2. The van der Waals surface area contributed by atoms with Gasteiger partial charge in [-0.3, -0.25) is 14.8 Å². The number of nitrogens with zero attached hydrogens (tertiary/aromatic N) is 2. The molecule has 9 heteroatoms. The Bertz CT molecular complexity index is 1130. The highest BCUT2D eigenvalue weighted by atomic mass is 19.4. The highest BCUT2D eigenvalue weighted by molar-refractivity contribution is 5.94. The predicted molar refractivity (Wildman–Crippen MR) is 102 cm³/mol. The fourth-order valence-electron chi connectivity index (χ4n) is 3.66. The highest BCUT2D eigenvalue weighted by Gasteiger charge is 2.32. The van der Waals surface area contributed by atoms with Crippen LogP contribution in [0.25, 0.3) is 11.3 Å². The largest absolute Gasteiger partial charge is 0.433 e. The Labute approximate surface area is 174 Å². The Kier molecular flexibility index (Phi) is 5.43. The van der Waals surface area contributed by atoms with Gasteiger partial charge in [-0.05, 0) is 60.7 Å². The summed E-state index contributed by atoms with van der Waals surface area (Å²) in [6.07, 6.45) is 0.0956. The molecule has 3 aromatic rings. The fourth-order valence-corrected chi connectivity index (χ4v) is 3.66. The highest BCUT2D eigenvalue weighted by Crippen LogP contribution is 2.34. The van der Waals surface area contributed by atoms with Crippen LogP contribution in [0.2, 0.25) is 0 Å². The maximum atomic E-state index is 13.4. The van der Waals surface area contributed by atoms with Crippen molar-refractivity contribution in [3.8, 4) is 11.3 Å². The minimum Gasteiger partial charge on any atom is -0.345 e. The maximum absolute atomic E-state index is 13.4. The lowest BCUT2D eigenvalue weighted by Gasteiger charge is -2.27. The average Bonchev–Trinajstić information content (AvgIpc) is 2.72. The van der Waals surface area contributed by atoms with E-state index >= 15 is 0 Å². The molecule has 0 saturated heterocycles. The van der Waals surface area contributed by atoms with Gasteiger partial charge in [0.2, 0.25) is 0 Å². The first-order valence-corrected chi connectivity index (χ1v) is 9.50. The molecule has 4 nitrogen and oxygen atoms in total. The van der Waals surface area contributed by atoms with E-state index in [2.05, 4.69) is 15.3 Å². The third-order valence-corrected chi connectivity index (χ3v) is 5.11. The molecule has 2 heterocycles. The van der Waals surface area contributed by atoms with E-state index in [-0.39, 0.29) is 11.1 Å². The molecule has 1 N–H and O–H groups in total. The SMILES string of the molecule is O=C(NC1CCCc2cnc(-c3ccnc(C(F)(F)F)c3)cc21)c1cc(F)cc(F)c1. The number of aromatic nitrogens is 2. The molecule has 0 bridgehead atoms. The fraction of sp³-hybridized carbons (Fsp3) is 0.227. The molecular formula is C22H16F5N3O. The van der Waals surface area contributed by atoms with Crippen LogP contribution in [0, 0.1) is 11.6 Å². The Hall–Kier alpha value is -3.36. The minimum absolute atomic E-state index is 0.150. The van der Waals surface area contributed by atoms with E-state index in [0.717, 1.165) is 36.4 Å². The van der Waals surface area contributed by atoms with E-state index in [1.165, 1.54) is 6.07 Å². The standard InChI is InChI=1S/C22H16F5N3O/c23-15-6-14(7-16(24)9-15)21(31)30-18-3-1-2-13-11-29-19(10-17(13)18)12-4-5-28-20(8-12)22(25,26)27/h4-11,18H,1-3H2,(H,30,31). The first kappa shape index (κ1) is 20.9. The van der Waals surface area contributed by atoms with Crippen molar-refractivity contribution in [2.75, 3.05) is 0 Å². The van der Waals surface area contributed by atoms with Gasteiger partial charge in [-0.2, -0.15) is 13.2 Å². The number of halogens is 5. The number of benzene rings is 1. The van der Waals surface area contributed by atoms with E-state index < -0.39 is 35.5 Å². The normalized spacial score (nSPS) is 16.0. The number of alkyl halides is 3. The van der Waals surface area contributed by atoms with Crippen molar-refractivity contribution in [1.82, 2.24) is 15.3 Å². The monoisotopic (exact) mass is 433 g/mol. The zero-order valence-corrected chi connectivity index (χ0v) is 16.0. The van der Waals surface area contributed by atoms with Crippen LogP contribution in [0.3, 0.4) is 0 Å². The quantitative estimate of drug-likeness (QED) is 0.575. The van der Waals surface area contributed by atoms with Crippen molar-refractivity contribution < 1.29 is 26.7 Å². The summed E-state index contributed by atoms with van der Waals surface area (Å²) in [5.41, 5.74) is 0.950. The number of nitrogens with one attached hydrogen (secondary N) is 1. The summed E-state index contributed by atoms with van der Waals surface area (Å²) < 4.78 is 65.9. The molecule has 1 amide bonds. The van der Waals surface area contributed by atoms with E-state index in [1.807, 2.05) is 0 Å². The lowest BCUT2D eigenvalue weighted by atomic mass is 9.87. The average molecular weight is 433 g/mol. The molecule has 1 aromatic carbocycles. The first-order valence-electron chi connectivity index (χ1n) is 9.50. The summed E-state index contributed by atoms with van der Waals surface area (Å²) in [6, 6.07) is 6.07. The van der Waals surface area contributed by atoms with Crippen LogP contribution >= 0.6 is 0 Å². The van der Waals surface area contributed by atoms with Gasteiger partial charge < -0.3 is 5.32 Å². The van der Waals surface area contributed by atoms with Gasteiger partial charge in [0.15, 0.2) is 0 Å². The number of fused-ring (bicyclic) bond motifs is 1. The summed E-state index contributed by atoms with van der Waals surface area (Å²) >= 11 is 0. The molecule has 2 aromatic heterocycles. The second-order valence-electron chi connectivity index (χ2n) is 7.27. The number of aryl methyl sites for hydroxylation is 1. The first-order chi connectivity index (χ1) is 14.7. The Morgan fingerprint density at radius 3 is 2.48 bits per heavy atom. The number of carbonyl (C=O) groups is 1. The lowest BCUT2D eigenvalue weighted by Crippen LogP contribution is -2.31. The molecule has 0 radical (unpaired) electrons. The van der Waals surface area contributed by atoms with Gasteiger partial charge in [0.1, 0.15) is 17.3 Å². The third-order valence-electron chi connectivity index (χ3n) is 5.11. The molecule has 1 atom stereocenters. The molecule has 1 aliphatic carbocycles. The topological polar surface area (TPSA) is 54.9 Å². The van der Waals surface area contributed by atoms with Crippen LogP contribution in [-0.4, -0.2) is 15.9 Å². The van der Waals surface area contributed by atoms with Crippen LogP contribution in [-0.2, 0) is 12.6 Å². The molecule has 0 aliphatic heterocycles. The Balaban J connectivity index is 1.65. The van der Waals surface area contributed by atoms with Crippen LogP contribution in [0.1, 0.15) is 46.1 Å². The predicted octanol–water partition coefficient (Wildman–Crippen LogP) is 5.25. The maximum Gasteiger partial charge on any atom is 0.433 e. The summed E-state index contributed by atoms with van der Waals surface area (Å²) in [7, 11) is 0. The second-order valence-corrected chi connectivity index (χ2v) is 7.27. The summed E-state index contributed by atoms with van der Waals surface area (Å²) in [5, 5.41) is 2.77. The van der Waals surface area contributed by atoms with Crippen molar-refractivity contribution in [2.45, 2.75) is 31.5 Å². The van der Waals surface area contributed by atoms with Crippen molar-refractivity contribution in [3.05, 3.63) is 82.8 Å². The number of rotatable bonds is 3. The van der Waals surface area contributed by atoms with Gasteiger partial charge in [0.25, 0.3) is 5.91 Å². The van der Waals surface area contributed by atoms with E-state index in [9.17, 15) is 26.7 Å². The van der Waals surface area contributed by atoms with E-state index in [1.54, 1.807) is 12.3 Å². The molecule has 160 valence electrons. The zero-order valence-electron chi connectivity index (χ0n) is 16.0. The number of hydrogen-bond donors (Lipinski definition) is 1. The smallest absolute Gasteiger partial charge is 0.345 e. The van der Waals surface area contributed by atoms with Gasteiger partial charge in [0.05, 0.1) is 11.7 Å². The van der Waals surface area contributed by atoms with Crippen molar-refractivity contribution in [3.63, 3.8) is 0 Å². The van der Waals surface area contributed by atoms with E-state index in [4.69, 9.17) is 0 Å². The molecule has 1 unspecified atom stereocenters. The molecule has 4 rings (SSSR count). The molecular weight excluding hydrogens is 417 g/mol. The Morgan fingerprint density at radius 1 is 1.03 bits per heavy atom. The Morgan fingerprint density at radius 2 is 1.77 bits per heavy atom. The number of carbonyl (C=O) groups excluding carboxylic acids is 1. The summed E-state index contributed by atoms with van der Waals surface area (Å²) in [4.78, 5) is 20.2. The van der Waals surface area contributed by atoms with Crippen molar-refractivity contribution in [2.24, 2.45) is 0 Å². The minimum atomic E-state index is -4.58. The van der Waals surface area contributed by atoms with Gasteiger partial charge in [-0.1, -0.05) is 0 Å². The van der Waals surface area contributed by atoms with Gasteiger partial charge in [-0.15, -0.1) is 0 Å². The van der Waals surface area contributed by atoms with Crippen LogP contribution in [0.5, 0.6) is 0 Å². The molecule has 0 spiro atoms. The molecule has 1 aliphatic rings. The van der Waals surface area contributed by atoms with Crippen LogP contribution in [0.4, 0.5) is 22.0 Å². The van der Waals surface area contributed by atoms with Crippen LogP contribution in [0.15, 0.2) is 48.8 Å². The van der Waals surface area contributed by atoms with Crippen LogP contribution < -0.4 is 5.32 Å². The lowest BCUT2D eigenvalue weighted by molar-refractivity contribution is -0.141. The second kappa shape index (κ2) is 8.05. The summed E-state index contributed by atoms with van der Waals surface area (Å²) in [5.74, 6) is -2.37. The molecule has 0 fully saturated rings. The summed E-state index contributed by atoms with van der Waals surface area (Å²) in [6.45, 7) is 0. The van der Waals surface area contributed by atoms with E-state index in [0.29, 0.717) is 30.2 Å². The molecule has 0 saturated carbocycles. The van der Waals surface area contributed by atoms with Gasteiger partial charge in [-0.25, -0.2) is 8.78 Å². The number of amides is 1. The number of hydrogen-bond acceptors (Lipinski definition) is 3. The third kappa shape index (κ3) is 4.55. The number of pyridine rings is 2. The van der Waals surface area contributed by atoms with Crippen molar-refractivity contribution in [1.29, 1.82) is 0 Å². The van der Waals surface area contributed by atoms with Crippen molar-refractivity contribution >= 4 is 5.91 Å².